The third-order valence-electron chi connectivity index (χ3n) is 4.36. The number of carbonyl (C=O) groups is 1. The average Bonchev–Trinajstić information content (AvgIpc) is 2.48. The topological polar surface area (TPSA) is 40.9 Å². The molecule has 0 aromatic heterocycles. The second-order valence-electron chi connectivity index (χ2n) is 6.17. The molecule has 2 rings (SSSR count). The second kappa shape index (κ2) is 6.70. The largest absolute Gasteiger partial charge is 0.293 e. The summed E-state index contributed by atoms with van der Waals surface area (Å²) in [6, 6.07) is 10.1. The molecule has 0 N–H and O–H groups in total. The molecule has 0 spiro atoms. The summed E-state index contributed by atoms with van der Waals surface area (Å²) in [5.41, 5.74) is 2.02. The molecular weight excluding hydrogens is 246 g/mol. The second-order valence-corrected chi connectivity index (χ2v) is 6.17. The summed E-state index contributed by atoms with van der Waals surface area (Å²) >= 11 is 0. The third-order valence-corrected chi connectivity index (χ3v) is 4.36. The van der Waals surface area contributed by atoms with Crippen LogP contribution in [0.1, 0.15) is 67.8 Å². The molecule has 1 atom stereocenters. The van der Waals surface area contributed by atoms with Gasteiger partial charge in [-0.3, -0.25) is 4.79 Å². The minimum atomic E-state index is -0.532. The Hall–Kier alpha value is -1.62. The zero-order valence-corrected chi connectivity index (χ0v) is 12.4. The van der Waals surface area contributed by atoms with Crippen molar-refractivity contribution in [2.45, 2.75) is 51.9 Å². The van der Waals surface area contributed by atoms with Gasteiger partial charge in [-0.2, -0.15) is 5.26 Å². The Labute approximate surface area is 121 Å². The molecule has 1 aliphatic rings. The van der Waals surface area contributed by atoms with E-state index >= 15 is 0 Å². The summed E-state index contributed by atoms with van der Waals surface area (Å²) in [7, 11) is 0. The molecule has 1 aromatic rings. The van der Waals surface area contributed by atoms with E-state index < -0.39 is 5.92 Å². The Morgan fingerprint density at radius 2 is 1.75 bits per heavy atom. The van der Waals surface area contributed by atoms with Gasteiger partial charge in [-0.05, 0) is 30.2 Å². The first kappa shape index (κ1) is 14.8. The van der Waals surface area contributed by atoms with Gasteiger partial charge >= 0.3 is 0 Å². The van der Waals surface area contributed by atoms with Crippen molar-refractivity contribution in [3.05, 3.63) is 35.4 Å². The summed E-state index contributed by atoms with van der Waals surface area (Å²) in [4.78, 5) is 12.3. The summed E-state index contributed by atoms with van der Waals surface area (Å²) in [5, 5.41) is 9.12. The Balaban J connectivity index is 2.11. The molecule has 1 saturated carbocycles. The molecule has 0 aliphatic heterocycles. The lowest BCUT2D eigenvalue weighted by Crippen LogP contribution is -2.18. The number of nitriles is 1. The van der Waals surface area contributed by atoms with Gasteiger partial charge in [0.25, 0.3) is 0 Å². The van der Waals surface area contributed by atoms with Crippen molar-refractivity contribution in [2.75, 3.05) is 0 Å². The number of ketones is 1. The van der Waals surface area contributed by atoms with Crippen LogP contribution in [0.5, 0.6) is 0 Å². The van der Waals surface area contributed by atoms with Crippen LogP contribution in [0.25, 0.3) is 0 Å². The van der Waals surface area contributed by atoms with Gasteiger partial charge in [0.15, 0.2) is 5.78 Å². The van der Waals surface area contributed by atoms with Crippen LogP contribution in [0.2, 0.25) is 0 Å². The maximum atomic E-state index is 12.3. The quantitative estimate of drug-likeness (QED) is 0.742. The van der Waals surface area contributed by atoms with E-state index in [2.05, 4.69) is 18.2 Å². The average molecular weight is 269 g/mol. The van der Waals surface area contributed by atoms with Crippen LogP contribution in [0.3, 0.4) is 0 Å². The van der Waals surface area contributed by atoms with E-state index in [0.29, 0.717) is 11.5 Å². The fourth-order valence-corrected chi connectivity index (χ4v) is 3.05. The SMILES string of the molecule is CC(C)C(C#N)C(=O)c1ccc(C2CCCCC2)cc1. The molecule has 1 aromatic carbocycles. The molecule has 0 bridgehead atoms. The van der Waals surface area contributed by atoms with E-state index in [1.54, 1.807) is 0 Å². The van der Waals surface area contributed by atoms with Crippen molar-refractivity contribution in [2.24, 2.45) is 11.8 Å². The Bertz CT molecular complexity index is 489. The van der Waals surface area contributed by atoms with E-state index in [1.807, 2.05) is 26.0 Å². The number of nitrogens with zero attached hydrogens (tertiary/aromatic N) is 1. The van der Waals surface area contributed by atoms with Crippen LogP contribution in [-0.2, 0) is 0 Å². The minimum Gasteiger partial charge on any atom is -0.293 e. The predicted octanol–water partition coefficient (Wildman–Crippen LogP) is 4.71. The maximum Gasteiger partial charge on any atom is 0.180 e. The van der Waals surface area contributed by atoms with Crippen molar-refractivity contribution in [1.82, 2.24) is 0 Å². The number of benzene rings is 1. The summed E-state index contributed by atoms with van der Waals surface area (Å²) in [6.45, 7) is 3.84. The van der Waals surface area contributed by atoms with Crippen molar-refractivity contribution in [1.29, 1.82) is 5.26 Å². The smallest absolute Gasteiger partial charge is 0.180 e. The van der Waals surface area contributed by atoms with Gasteiger partial charge in [-0.1, -0.05) is 57.4 Å². The van der Waals surface area contributed by atoms with Crippen LogP contribution in [0.15, 0.2) is 24.3 Å². The Morgan fingerprint density at radius 3 is 2.25 bits per heavy atom. The highest BCUT2D eigenvalue weighted by Gasteiger charge is 2.23. The normalized spacial score (nSPS) is 17.7. The highest BCUT2D eigenvalue weighted by atomic mass is 16.1. The molecule has 1 unspecified atom stereocenters. The summed E-state index contributed by atoms with van der Waals surface area (Å²) in [5.74, 6) is 0.142. The summed E-state index contributed by atoms with van der Waals surface area (Å²) < 4.78 is 0. The Kier molecular flexibility index (Phi) is 4.95. The molecule has 2 heteroatoms. The zero-order valence-electron chi connectivity index (χ0n) is 12.4. The molecule has 20 heavy (non-hydrogen) atoms. The monoisotopic (exact) mass is 269 g/mol. The van der Waals surface area contributed by atoms with Crippen LogP contribution in [0.4, 0.5) is 0 Å². The van der Waals surface area contributed by atoms with Crippen LogP contribution < -0.4 is 0 Å². The lowest BCUT2D eigenvalue weighted by molar-refractivity contribution is 0.0924. The Morgan fingerprint density at radius 1 is 1.15 bits per heavy atom. The van der Waals surface area contributed by atoms with Crippen molar-refractivity contribution in [3.8, 4) is 6.07 Å². The van der Waals surface area contributed by atoms with Gasteiger partial charge in [0.1, 0.15) is 5.92 Å². The van der Waals surface area contributed by atoms with E-state index in [9.17, 15) is 4.79 Å². The molecule has 1 aliphatic carbocycles. The number of hydrogen-bond donors (Lipinski definition) is 0. The highest BCUT2D eigenvalue weighted by Crippen LogP contribution is 2.32. The van der Waals surface area contributed by atoms with Gasteiger partial charge in [-0.25, -0.2) is 0 Å². The molecule has 0 amide bonds. The van der Waals surface area contributed by atoms with Crippen molar-refractivity contribution >= 4 is 5.78 Å². The lowest BCUT2D eigenvalue weighted by atomic mass is 9.83. The number of Topliss-reactive ketones (excluding diaryl/α,β-unsaturated/α-hetero) is 1. The minimum absolute atomic E-state index is 0.0438. The molecule has 1 fully saturated rings. The predicted molar refractivity (Wildman–Crippen MR) is 80.5 cm³/mol. The van der Waals surface area contributed by atoms with Gasteiger partial charge in [0, 0.05) is 5.56 Å². The number of hydrogen-bond acceptors (Lipinski definition) is 2. The van der Waals surface area contributed by atoms with E-state index in [-0.39, 0.29) is 11.7 Å². The fourth-order valence-electron chi connectivity index (χ4n) is 3.05. The molecule has 2 nitrogen and oxygen atoms in total. The van der Waals surface area contributed by atoms with Crippen LogP contribution in [0, 0.1) is 23.2 Å². The van der Waals surface area contributed by atoms with Gasteiger partial charge < -0.3 is 0 Å². The first-order valence-corrected chi connectivity index (χ1v) is 7.67. The van der Waals surface area contributed by atoms with Gasteiger partial charge in [0.05, 0.1) is 6.07 Å². The number of rotatable bonds is 4. The zero-order chi connectivity index (χ0) is 14.5. The standard InChI is InChI=1S/C18H23NO/c1-13(2)17(12-19)18(20)16-10-8-15(9-11-16)14-6-4-3-5-7-14/h8-11,13-14,17H,3-7H2,1-2H3. The molecular formula is C18H23NO. The molecule has 106 valence electrons. The highest BCUT2D eigenvalue weighted by molar-refractivity contribution is 5.99. The van der Waals surface area contributed by atoms with Gasteiger partial charge in [-0.15, -0.1) is 0 Å². The molecule has 0 radical (unpaired) electrons. The van der Waals surface area contributed by atoms with Crippen LogP contribution >= 0.6 is 0 Å². The third kappa shape index (κ3) is 3.28. The fraction of sp³-hybridized carbons (Fsp3) is 0.556. The molecule has 0 heterocycles. The summed E-state index contributed by atoms with van der Waals surface area (Å²) in [6.07, 6.45) is 6.51. The van der Waals surface area contributed by atoms with Crippen molar-refractivity contribution in [3.63, 3.8) is 0 Å². The van der Waals surface area contributed by atoms with E-state index in [1.165, 1.54) is 37.7 Å². The van der Waals surface area contributed by atoms with Crippen molar-refractivity contribution < 1.29 is 4.79 Å². The number of carbonyl (C=O) groups excluding carboxylic acids is 1. The first-order chi connectivity index (χ1) is 9.63. The van der Waals surface area contributed by atoms with Crippen LogP contribution in [-0.4, -0.2) is 5.78 Å². The first-order valence-electron chi connectivity index (χ1n) is 7.67. The van der Waals surface area contributed by atoms with Gasteiger partial charge in [0.2, 0.25) is 0 Å². The van der Waals surface area contributed by atoms with E-state index in [0.717, 1.165) is 0 Å². The maximum absolute atomic E-state index is 12.3. The van der Waals surface area contributed by atoms with E-state index in [4.69, 9.17) is 5.26 Å². The molecule has 0 saturated heterocycles. The lowest BCUT2D eigenvalue weighted by Gasteiger charge is -2.22.